The van der Waals surface area contributed by atoms with E-state index in [9.17, 15) is 9.18 Å². The van der Waals surface area contributed by atoms with E-state index in [0.717, 1.165) is 22.3 Å². The summed E-state index contributed by atoms with van der Waals surface area (Å²) in [7, 11) is 0. The number of halogens is 1. The van der Waals surface area contributed by atoms with Crippen LogP contribution in [0.15, 0.2) is 60.7 Å². The number of thiocarbonyl (C=S) groups is 1. The lowest BCUT2D eigenvalue weighted by Gasteiger charge is -2.12. The molecule has 0 aliphatic rings. The Labute approximate surface area is 177 Å². The van der Waals surface area contributed by atoms with Gasteiger partial charge in [-0.2, -0.15) is 4.80 Å². The van der Waals surface area contributed by atoms with Crippen LogP contribution in [0.3, 0.4) is 0 Å². The third-order valence-corrected chi connectivity index (χ3v) is 4.79. The van der Waals surface area contributed by atoms with Gasteiger partial charge in [0.15, 0.2) is 5.11 Å². The third-order valence-electron chi connectivity index (χ3n) is 4.59. The van der Waals surface area contributed by atoms with E-state index < -0.39 is 11.7 Å². The Hall–Kier alpha value is -3.65. The van der Waals surface area contributed by atoms with Crippen molar-refractivity contribution in [1.29, 1.82) is 0 Å². The highest BCUT2D eigenvalue weighted by Crippen LogP contribution is 2.22. The molecule has 0 aliphatic heterocycles. The van der Waals surface area contributed by atoms with Crippen LogP contribution in [0.5, 0.6) is 0 Å². The molecule has 0 unspecified atom stereocenters. The molecular formula is C22H18FN5OS. The third kappa shape index (κ3) is 4.04. The van der Waals surface area contributed by atoms with Gasteiger partial charge in [-0.15, -0.1) is 10.2 Å². The summed E-state index contributed by atoms with van der Waals surface area (Å²) < 4.78 is 13.8. The zero-order chi connectivity index (χ0) is 21.3. The maximum atomic E-state index is 13.8. The number of hydrogen-bond donors (Lipinski definition) is 2. The topological polar surface area (TPSA) is 71.8 Å². The van der Waals surface area contributed by atoms with E-state index in [-0.39, 0.29) is 10.7 Å². The Bertz CT molecular complexity index is 1270. The van der Waals surface area contributed by atoms with Crippen molar-refractivity contribution in [2.45, 2.75) is 13.8 Å². The summed E-state index contributed by atoms with van der Waals surface area (Å²) in [6.07, 6.45) is 0. The largest absolute Gasteiger partial charge is 0.332 e. The van der Waals surface area contributed by atoms with Crippen LogP contribution in [0.25, 0.3) is 16.7 Å². The molecule has 8 heteroatoms. The van der Waals surface area contributed by atoms with Crippen molar-refractivity contribution < 1.29 is 9.18 Å². The molecule has 0 atom stereocenters. The Morgan fingerprint density at radius 1 is 1.00 bits per heavy atom. The molecule has 2 N–H and O–H groups in total. The van der Waals surface area contributed by atoms with Gasteiger partial charge in [0.1, 0.15) is 16.9 Å². The maximum Gasteiger partial charge on any atom is 0.260 e. The summed E-state index contributed by atoms with van der Waals surface area (Å²) in [5.41, 5.74) is 4.90. The minimum Gasteiger partial charge on any atom is -0.332 e. The second kappa shape index (κ2) is 8.00. The van der Waals surface area contributed by atoms with Gasteiger partial charge in [0, 0.05) is 5.69 Å². The van der Waals surface area contributed by atoms with Crippen molar-refractivity contribution in [2.75, 3.05) is 5.32 Å². The highest BCUT2D eigenvalue weighted by Gasteiger charge is 2.14. The number of hydrogen-bond acceptors (Lipinski definition) is 4. The van der Waals surface area contributed by atoms with Gasteiger partial charge < -0.3 is 5.32 Å². The Balaban J connectivity index is 1.54. The molecule has 0 saturated carbocycles. The zero-order valence-electron chi connectivity index (χ0n) is 16.3. The number of amides is 1. The molecule has 4 aromatic rings. The number of rotatable bonds is 3. The van der Waals surface area contributed by atoms with Crippen LogP contribution < -0.4 is 10.6 Å². The minimum absolute atomic E-state index is 0.0663. The monoisotopic (exact) mass is 419 g/mol. The molecule has 0 bridgehead atoms. The first-order valence-corrected chi connectivity index (χ1v) is 9.63. The second-order valence-corrected chi connectivity index (χ2v) is 7.28. The number of carbonyl (C=O) groups is 1. The van der Waals surface area contributed by atoms with Crippen LogP contribution in [0, 0.1) is 19.7 Å². The van der Waals surface area contributed by atoms with Crippen LogP contribution in [0.1, 0.15) is 21.5 Å². The molecule has 4 rings (SSSR count). The number of nitrogens with one attached hydrogen (secondary N) is 2. The van der Waals surface area contributed by atoms with E-state index in [1.54, 1.807) is 10.9 Å². The van der Waals surface area contributed by atoms with Crippen molar-refractivity contribution in [3.63, 3.8) is 0 Å². The molecule has 0 aliphatic carbocycles. The van der Waals surface area contributed by atoms with Crippen LogP contribution in [-0.4, -0.2) is 26.0 Å². The molecule has 1 amide bonds. The highest BCUT2D eigenvalue weighted by molar-refractivity contribution is 7.80. The first kappa shape index (κ1) is 19.7. The first-order chi connectivity index (χ1) is 14.4. The molecule has 0 saturated heterocycles. The number of aryl methyl sites for hydroxylation is 2. The Kier molecular flexibility index (Phi) is 5.24. The summed E-state index contributed by atoms with van der Waals surface area (Å²) in [4.78, 5) is 13.8. The average molecular weight is 419 g/mol. The molecular weight excluding hydrogens is 401 g/mol. The second-order valence-electron chi connectivity index (χ2n) is 6.87. The lowest BCUT2D eigenvalue weighted by atomic mass is 10.2. The van der Waals surface area contributed by atoms with Gasteiger partial charge >= 0.3 is 0 Å². The van der Waals surface area contributed by atoms with E-state index in [0.29, 0.717) is 11.2 Å². The molecule has 6 nitrogen and oxygen atoms in total. The van der Waals surface area contributed by atoms with E-state index in [2.05, 4.69) is 20.8 Å². The SMILES string of the molecule is Cc1ccc(-n2nc3cc(C)c(NC(=S)NC(=O)c4ccccc4F)cc3n2)cc1. The van der Waals surface area contributed by atoms with Crippen LogP contribution in [0.2, 0.25) is 0 Å². The van der Waals surface area contributed by atoms with Gasteiger partial charge in [0.25, 0.3) is 5.91 Å². The number of carbonyl (C=O) groups excluding carboxylic acids is 1. The van der Waals surface area contributed by atoms with Gasteiger partial charge in [-0.3, -0.25) is 10.1 Å². The quantitative estimate of drug-likeness (QED) is 0.485. The van der Waals surface area contributed by atoms with Gasteiger partial charge in [-0.1, -0.05) is 29.8 Å². The molecule has 0 fully saturated rings. The van der Waals surface area contributed by atoms with Crippen molar-refractivity contribution in [1.82, 2.24) is 20.3 Å². The number of aromatic nitrogens is 3. The molecule has 0 radical (unpaired) electrons. The lowest BCUT2D eigenvalue weighted by Crippen LogP contribution is -2.34. The van der Waals surface area contributed by atoms with Crippen molar-refractivity contribution in [3.8, 4) is 5.69 Å². The van der Waals surface area contributed by atoms with Crippen LogP contribution >= 0.6 is 12.2 Å². The summed E-state index contributed by atoms with van der Waals surface area (Å²) >= 11 is 5.23. The summed E-state index contributed by atoms with van der Waals surface area (Å²) in [5, 5.41) is 14.6. The van der Waals surface area contributed by atoms with Crippen molar-refractivity contribution in [3.05, 3.63) is 83.2 Å². The molecule has 3 aromatic carbocycles. The van der Waals surface area contributed by atoms with Gasteiger partial charge in [0.05, 0.1) is 11.3 Å². The van der Waals surface area contributed by atoms with E-state index >= 15 is 0 Å². The average Bonchev–Trinajstić information content (AvgIpc) is 3.11. The van der Waals surface area contributed by atoms with Gasteiger partial charge in [-0.05, 0) is 68.0 Å². The molecule has 0 spiro atoms. The van der Waals surface area contributed by atoms with E-state index in [1.165, 1.54) is 18.2 Å². The smallest absolute Gasteiger partial charge is 0.260 e. The lowest BCUT2D eigenvalue weighted by molar-refractivity contribution is 0.0974. The first-order valence-electron chi connectivity index (χ1n) is 9.22. The van der Waals surface area contributed by atoms with Crippen molar-refractivity contribution in [2.24, 2.45) is 0 Å². The number of fused-ring (bicyclic) bond motifs is 1. The number of benzene rings is 3. The highest BCUT2D eigenvalue weighted by atomic mass is 32.1. The normalized spacial score (nSPS) is 10.8. The Morgan fingerprint density at radius 2 is 1.67 bits per heavy atom. The minimum atomic E-state index is -0.616. The van der Waals surface area contributed by atoms with Crippen molar-refractivity contribution >= 4 is 40.0 Å². The maximum absolute atomic E-state index is 13.8. The Morgan fingerprint density at radius 3 is 2.37 bits per heavy atom. The predicted molar refractivity (Wildman–Crippen MR) is 118 cm³/mol. The van der Waals surface area contributed by atoms with Crippen LogP contribution in [-0.2, 0) is 0 Å². The predicted octanol–water partition coefficient (Wildman–Crippen LogP) is 4.30. The number of nitrogens with zero attached hydrogens (tertiary/aromatic N) is 3. The molecule has 150 valence electrons. The fourth-order valence-corrected chi connectivity index (χ4v) is 3.17. The number of anilines is 1. The van der Waals surface area contributed by atoms with Gasteiger partial charge in [0.2, 0.25) is 0 Å². The molecule has 1 heterocycles. The van der Waals surface area contributed by atoms with E-state index in [4.69, 9.17) is 12.2 Å². The van der Waals surface area contributed by atoms with E-state index in [1.807, 2.05) is 50.2 Å². The van der Waals surface area contributed by atoms with Gasteiger partial charge in [-0.25, -0.2) is 4.39 Å². The fourth-order valence-electron chi connectivity index (χ4n) is 2.97. The summed E-state index contributed by atoms with van der Waals surface area (Å²) in [5.74, 6) is -1.22. The molecule has 30 heavy (non-hydrogen) atoms. The zero-order valence-corrected chi connectivity index (χ0v) is 17.1. The molecule has 1 aromatic heterocycles. The standard InChI is InChI=1S/C22H18FN5OS/c1-13-7-9-15(10-8-13)28-26-19-11-14(2)18(12-20(19)27-28)24-22(30)25-21(29)16-5-3-4-6-17(16)23/h3-12H,1-2H3,(H2,24,25,29,30). The fraction of sp³-hybridized carbons (Fsp3) is 0.0909. The van der Waals surface area contributed by atoms with Crippen LogP contribution in [0.4, 0.5) is 10.1 Å². The summed E-state index contributed by atoms with van der Waals surface area (Å²) in [6, 6.07) is 17.3. The summed E-state index contributed by atoms with van der Waals surface area (Å²) in [6.45, 7) is 3.92.